The van der Waals surface area contributed by atoms with Crippen LogP contribution in [0.2, 0.25) is 0 Å². The Morgan fingerprint density at radius 3 is 2.42 bits per heavy atom. The first-order valence-corrected chi connectivity index (χ1v) is 9.15. The number of carbonyl (C=O) groups excluding carboxylic acids is 1. The third-order valence-electron chi connectivity index (χ3n) is 3.59. The zero-order valence-electron chi connectivity index (χ0n) is 14.0. The van der Waals surface area contributed by atoms with Crippen molar-refractivity contribution < 1.29 is 14.6 Å². The van der Waals surface area contributed by atoms with Crippen LogP contribution in [0.3, 0.4) is 0 Å². The lowest BCUT2D eigenvalue weighted by Crippen LogP contribution is -2.29. The Morgan fingerprint density at radius 1 is 1.17 bits per heavy atom. The van der Waals surface area contributed by atoms with Gasteiger partial charge in [0.25, 0.3) is 0 Å². The van der Waals surface area contributed by atoms with Crippen molar-refractivity contribution in [3.63, 3.8) is 0 Å². The molecule has 2 aromatic rings. The minimum absolute atomic E-state index is 0.112. The molecule has 0 spiro atoms. The summed E-state index contributed by atoms with van der Waals surface area (Å²) in [4.78, 5) is 13.1. The van der Waals surface area contributed by atoms with Crippen LogP contribution in [0.1, 0.15) is 24.2 Å². The van der Waals surface area contributed by atoms with E-state index in [1.165, 1.54) is 0 Å². The molecule has 0 radical (unpaired) electrons. The largest absolute Gasteiger partial charge is 0.494 e. The fraction of sp³-hybridized carbons (Fsp3) is 0.316. The van der Waals surface area contributed by atoms with Crippen LogP contribution in [0.5, 0.6) is 5.75 Å². The molecule has 0 aliphatic heterocycles. The van der Waals surface area contributed by atoms with Crippen molar-refractivity contribution in [1.29, 1.82) is 0 Å². The van der Waals surface area contributed by atoms with E-state index >= 15 is 0 Å². The van der Waals surface area contributed by atoms with E-state index in [1.54, 1.807) is 11.8 Å². The normalized spacial score (nSPS) is 11.8. The summed E-state index contributed by atoms with van der Waals surface area (Å²) in [6.07, 6.45) is 1.59. The Balaban J connectivity index is 1.81. The predicted octanol–water partition coefficient (Wildman–Crippen LogP) is 3.20. The number of aliphatic hydroxyl groups is 1. The molecule has 4 nitrogen and oxygen atoms in total. The molecule has 2 aromatic carbocycles. The van der Waals surface area contributed by atoms with E-state index in [-0.39, 0.29) is 18.9 Å². The first-order chi connectivity index (χ1) is 11.6. The van der Waals surface area contributed by atoms with E-state index in [2.05, 4.69) is 5.32 Å². The summed E-state index contributed by atoms with van der Waals surface area (Å²) in [5.74, 6) is 0.685. The molecule has 0 unspecified atom stereocenters. The van der Waals surface area contributed by atoms with Crippen LogP contribution < -0.4 is 10.1 Å². The van der Waals surface area contributed by atoms with Crippen LogP contribution in [0, 0.1) is 0 Å². The minimum atomic E-state index is -0.704. The standard InChI is InChI=1S/C19H23NO3S/c1-3-23-16-8-4-14(5-9-16)12-19(22)20-13-18(21)15-6-10-17(24-2)11-7-15/h4-11,18,21H,3,12-13H2,1-2H3,(H,20,22)/t18-/m1/s1. The molecule has 24 heavy (non-hydrogen) atoms. The monoisotopic (exact) mass is 345 g/mol. The molecule has 1 atom stereocenters. The van der Waals surface area contributed by atoms with E-state index in [9.17, 15) is 9.90 Å². The summed E-state index contributed by atoms with van der Waals surface area (Å²) in [6, 6.07) is 15.2. The second kappa shape index (κ2) is 9.35. The van der Waals surface area contributed by atoms with Crippen LogP contribution in [-0.2, 0) is 11.2 Å². The minimum Gasteiger partial charge on any atom is -0.494 e. The molecule has 2 rings (SSSR count). The van der Waals surface area contributed by atoms with Crippen LogP contribution in [0.15, 0.2) is 53.4 Å². The fourth-order valence-electron chi connectivity index (χ4n) is 2.27. The molecule has 2 N–H and O–H groups in total. The van der Waals surface area contributed by atoms with Gasteiger partial charge >= 0.3 is 0 Å². The van der Waals surface area contributed by atoms with E-state index in [4.69, 9.17) is 4.74 Å². The maximum Gasteiger partial charge on any atom is 0.224 e. The number of benzene rings is 2. The van der Waals surface area contributed by atoms with E-state index in [0.717, 1.165) is 21.8 Å². The highest BCUT2D eigenvalue weighted by Gasteiger charge is 2.10. The van der Waals surface area contributed by atoms with Crippen molar-refractivity contribution in [2.45, 2.75) is 24.3 Å². The number of carbonyl (C=O) groups is 1. The van der Waals surface area contributed by atoms with E-state index < -0.39 is 6.10 Å². The Morgan fingerprint density at radius 2 is 1.83 bits per heavy atom. The second-order valence-electron chi connectivity index (χ2n) is 5.35. The lowest BCUT2D eigenvalue weighted by atomic mass is 10.1. The Hall–Kier alpha value is -1.98. The van der Waals surface area contributed by atoms with Crippen molar-refractivity contribution >= 4 is 17.7 Å². The Kier molecular flexibility index (Phi) is 7.15. The maximum absolute atomic E-state index is 12.0. The van der Waals surface area contributed by atoms with E-state index in [1.807, 2.05) is 61.7 Å². The van der Waals surface area contributed by atoms with Crippen molar-refractivity contribution in [2.24, 2.45) is 0 Å². The Bertz CT molecular complexity index is 641. The van der Waals surface area contributed by atoms with E-state index in [0.29, 0.717) is 6.61 Å². The molecule has 0 heterocycles. The highest BCUT2D eigenvalue weighted by molar-refractivity contribution is 7.98. The lowest BCUT2D eigenvalue weighted by Gasteiger charge is -2.13. The summed E-state index contributed by atoms with van der Waals surface area (Å²) < 4.78 is 5.38. The summed E-state index contributed by atoms with van der Waals surface area (Å²) in [5, 5.41) is 12.9. The number of rotatable bonds is 8. The lowest BCUT2D eigenvalue weighted by molar-refractivity contribution is -0.120. The van der Waals surface area contributed by atoms with Gasteiger partial charge in [-0.25, -0.2) is 0 Å². The van der Waals surface area contributed by atoms with Gasteiger partial charge in [-0.05, 0) is 48.6 Å². The molecule has 5 heteroatoms. The van der Waals surface area contributed by atoms with Crippen LogP contribution in [-0.4, -0.2) is 30.4 Å². The summed E-state index contributed by atoms with van der Waals surface area (Å²) in [5.41, 5.74) is 1.71. The van der Waals surface area contributed by atoms with Gasteiger partial charge in [-0.2, -0.15) is 0 Å². The topological polar surface area (TPSA) is 58.6 Å². The van der Waals surface area contributed by atoms with Crippen molar-refractivity contribution in [2.75, 3.05) is 19.4 Å². The van der Waals surface area contributed by atoms with Gasteiger partial charge in [0.1, 0.15) is 5.75 Å². The molecule has 0 fully saturated rings. The summed E-state index contributed by atoms with van der Waals surface area (Å²) in [6.45, 7) is 2.76. The highest BCUT2D eigenvalue weighted by Crippen LogP contribution is 2.18. The molecule has 0 bridgehead atoms. The number of thioether (sulfide) groups is 1. The third-order valence-corrected chi connectivity index (χ3v) is 4.34. The van der Waals surface area contributed by atoms with Crippen molar-refractivity contribution in [1.82, 2.24) is 5.32 Å². The zero-order valence-corrected chi connectivity index (χ0v) is 14.8. The number of amides is 1. The molecule has 0 saturated carbocycles. The Labute approximate surface area is 147 Å². The smallest absolute Gasteiger partial charge is 0.224 e. The van der Waals surface area contributed by atoms with Crippen LogP contribution in [0.25, 0.3) is 0 Å². The molecule has 1 amide bonds. The summed E-state index contributed by atoms with van der Waals surface area (Å²) >= 11 is 1.65. The van der Waals surface area contributed by atoms with Gasteiger partial charge in [0.05, 0.1) is 19.1 Å². The summed E-state index contributed by atoms with van der Waals surface area (Å²) in [7, 11) is 0. The van der Waals surface area contributed by atoms with Crippen molar-refractivity contribution in [3.05, 3.63) is 59.7 Å². The van der Waals surface area contributed by atoms with Crippen molar-refractivity contribution in [3.8, 4) is 5.75 Å². The number of nitrogens with one attached hydrogen (secondary N) is 1. The van der Waals surface area contributed by atoms with Gasteiger partial charge in [-0.1, -0.05) is 24.3 Å². The molecule has 128 valence electrons. The van der Waals surface area contributed by atoms with Gasteiger partial charge < -0.3 is 15.2 Å². The second-order valence-corrected chi connectivity index (χ2v) is 6.23. The van der Waals surface area contributed by atoms with Gasteiger partial charge in [0, 0.05) is 11.4 Å². The fourth-order valence-corrected chi connectivity index (χ4v) is 2.68. The van der Waals surface area contributed by atoms with Crippen LogP contribution in [0.4, 0.5) is 0 Å². The van der Waals surface area contributed by atoms with Gasteiger partial charge in [-0.15, -0.1) is 11.8 Å². The number of ether oxygens (including phenoxy) is 1. The van der Waals surface area contributed by atoms with Gasteiger partial charge in [-0.3, -0.25) is 4.79 Å². The average Bonchev–Trinajstić information content (AvgIpc) is 2.61. The zero-order chi connectivity index (χ0) is 17.4. The SMILES string of the molecule is CCOc1ccc(CC(=O)NC[C@@H](O)c2ccc(SC)cc2)cc1. The predicted molar refractivity (Wildman–Crippen MR) is 97.5 cm³/mol. The first kappa shape index (κ1) is 18.4. The molecule has 0 aromatic heterocycles. The number of aliphatic hydroxyl groups excluding tert-OH is 1. The quantitative estimate of drug-likeness (QED) is 0.722. The molecule has 0 aliphatic carbocycles. The van der Waals surface area contributed by atoms with Gasteiger partial charge in [0.2, 0.25) is 5.91 Å². The van der Waals surface area contributed by atoms with Gasteiger partial charge in [0.15, 0.2) is 0 Å². The highest BCUT2D eigenvalue weighted by atomic mass is 32.2. The molecular formula is C19H23NO3S. The molecule has 0 saturated heterocycles. The maximum atomic E-state index is 12.0. The number of hydrogen-bond donors (Lipinski definition) is 2. The van der Waals surface area contributed by atoms with Crippen LogP contribution >= 0.6 is 11.8 Å². The molecule has 0 aliphatic rings. The average molecular weight is 345 g/mol. The molecular weight excluding hydrogens is 322 g/mol. The first-order valence-electron chi connectivity index (χ1n) is 7.92. The third kappa shape index (κ3) is 5.58. The number of hydrogen-bond acceptors (Lipinski definition) is 4.